The fourth-order valence-electron chi connectivity index (χ4n) is 13.2. The molecule has 18 heterocycles. The third-order valence-electron chi connectivity index (χ3n) is 20.9. The smallest absolute Gasteiger partial charge is 0.270 e. The second kappa shape index (κ2) is 25.1. The Morgan fingerprint density at radius 2 is 0.244 bits per heavy atom. The van der Waals surface area contributed by atoms with Crippen LogP contribution in [-0.4, -0.2) is 315 Å². The van der Waals surface area contributed by atoms with Crippen LogP contribution in [0, 0.1) is 10.2 Å². The van der Waals surface area contributed by atoms with Gasteiger partial charge in [0.15, 0.2) is 0 Å². The summed E-state index contributed by atoms with van der Waals surface area (Å²) in [5.74, 6) is 0. The number of hydrogen-bond acceptors (Lipinski definition) is 10. The normalized spacial score (nSPS) is 55.8. The minimum atomic E-state index is -4.69. The molecule has 0 aliphatic carbocycles. The van der Waals surface area contributed by atoms with Crippen LogP contribution < -0.4 is 14.0 Å². The van der Waals surface area contributed by atoms with Crippen LogP contribution in [0.2, 0.25) is 0 Å². The Morgan fingerprint density at radius 1 is 0.211 bits per heavy atom. The van der Waals surface area contributed by atoms with E-state index in [0.29, 0.717) is 109 Å². The molecule has 1 radical (unpaired) electrons. The van der Waals surface area contributed by atoms with Crippen molar-refractivity contribution in [1.29, 1.82) is 0 Å². The molecule has 36 unspecified atom stereocenters. The second-order valence-electron chi connectivity index (χ2n) is 30.0. The Labute approximate surface area is 551 Å². The molecule has 0 aromatic heterocycles. The summed E-state index contributed by atoms with van der Waals surface area (Å²) in [4.78, 5) is 0. The molecular weight excluding hydrogens is 1340 g/mol. The molecule has 18 aliphatic rings. The predicted octanol–water partition coefficient (Wildman–Crippen LogP) is 3.11. The zero-order chi connectivity index (χ0) is 65.0. The van der Waals surface area contributed by atoms with Gasteiger partial charge in [-0.2, -0.15) is 14.0 Å². The Bertz CT molecular complexity index is 2240. The minimum Gasteiger partial charge on any atom is -0.270 e. The number of rotatable bonds is 18. The van der Waals surface area contributed by atoms with Gasteiger partial charge in [0.2, 0.25) is 0 Å². The van der Waals surface area contributed by atoms with Gasteiger partial charge in [-0.25, -0.2) is 84.1 Å². The first-order chi connectivity index (χ1) is 41.3. The maximum absolute atomic E-state index is 12.9. The maximum atomic E-state index is 12.9. The van der Waals surface area contributed by atoms with Crippen molar-refractivity contribution in [3.63, 3.8) is 0 Å². The Morgan fingerprint density at radius 3 is 0.267 bits per heavy atom. The molecule has 90 heavy (non-hydrogen) atoms. The van der Waals surface area contributed by atoms with Gasteiger partial charge in [0.1, 0.15) is 0 Å². The molecule has 18 saturated heterocycles. The molecule has 0 spiro atoms. The van der Waals surface area contributed by atoms with E-state index in [9.17, 15) is 27.4 Å². The summed E-state index contributed by atoms with van der Waals surface area (Å²) in [5, 5.41) is 0. The average Bonchev–Trinajstić information content (AvgIpc) is 1.59. The Balaban J connectivity index is 0.000000109. The SMILES string of the molecule is CC1CN1P(=O)(N1CC1C)N1CC1C.CC1CN1P(=O)(N1CC1C)N1CC1C.CC1CN1P(=O)(N1CC1C)N1CC1C.CC1CN1P(=O)(N1CC1C)N1CC1C.CC1CN1P(=O)(N1CC1C)N1CC1C.CC1CN1P(=O)(N1CC1C)N1CC1C.[Fe+3].[O-][Cl+3]([O-])([O-])O. The molecule has 1 N–H and O–H groups in total. The van der Waals surface area contributed by atoms with Gasteiger partial charge in [-0.15, -0.1) is 0 Å². The van der Waals surface area contributed by atoms with E-state index < -0.39 is 55.8 Å². The van der Waals surface area contributed by atoms with Crippen molar-refractivity contribution in [3.05, 3.63) is 0 Å². The molecule has 0 aromatic carbocycles. The molecule has 0 aromatic rings. The maximum Gasteiger partial charge on any atom is 3.00 e. The predicted molar refractivity (Wildman–Crippen MR) is 339 cm³/mol. The minimum absolute atomic E-state index is 0. The number of hydrogen-bond donors (Lipinski definition) is 1. The van der Waals surface area contributed by atoms with Crippen molar-refractivity contribution < 1.29 is 73.3 Å². The van der Waals surface area contributed by atoms with Gasteiger partial charge >= 0.3 is 17.1 Å². The molecule has 18 fully saturated rings. The summed E-state index contributed by atoms with van der Waals surface area (Å²) in [6, 6.07) is 9.52. The molecule has 0 saturated carbocycles. The summed E-state index contributed by atoms with van der Waals surface area (Å²) in [5.41, 5.74) is 0. The molecule has 18 rings (SSSR count). The van der Waals surface area contributed by atoms with Gasteiger partial charge in [-0.3, -0.25) is 27.4 Å². The van der Waals surface area contributed by atoms with Gasteiger partial charge in [0.05, 0.1) is 14.9 Å². The third-order valence-corrected chi connectivity index (χ3v) is 43.0. The average molecular weight is 1450 g/mol. The van der Waals surface area contributed by atoms with Gasteiger partial charge in [0.25, 0.3) is 45.6 Å². The Kier molecular flexibility index (Phi) is 20.3. The van der Waals surface area contributed by atoms with E-state index >= 15 is 0 Å². The largest absolute Gasteiger partial charge is 3.00 e. The zero-order valence-electron chi connectivity index (χ0n) is 56.7. The van der Waals surface area contributed by atoms with Gasteiger partial charge in [-0.05, 0) is 125 Å². The first-order valence-corrected chi connectivity index (χ1v) is 44.1. The van der Waals surface area contributed by atoms with Crippen LogP contribution in [0.5, 0.6) is 0 Å². The van der Waals surface area contributed by atoms with Crippen molar-refractivity contribution >= 4 is 45.6 Å². The summed E-state index contributed by atoms with van der Waals surface area (Å²) < 4.78 is 149. The van der Waals surface area contributed by atoms with Gasteiger partial charge < -0.3 is 0 Å². The van der Waals surface area contributed by atoms with Crippen LogP contribution in [0.1, 0.15) is 125 Å². The van der Waals surface area contributed by atoms with Gasteiger partial charge in [-0.1, -0.05) is 0 Å². The van der Waals surface area contributed by atoms with Crippen molar-refractivity contribution in [2.24, 2.45) is 0 Å². The van der Waals surface area contributed by atoms with E-state index in [1.54, 1.807) is 0 Å². The van der Waals surface area contributed by atoms with Crippen LogP contribution in [0.3, 0.4) is 0 Å². The van der Waals surface area contributed by atoms with Gasteiger partial charge in [0, 0.05) is 227 Å². The molecule has 0 bridgehead atoms. The molecular formula is C54H109ClFeN18O10P6+3. The summed E-state index contributed by atoms with van der Waals surface area (Å²) in [6.07, 6.45) is 0. The first kappa shape index (κ1) is 72.6. The molecule has 517 valence electrons. The fourth-order valence-corrected chi connectivity index (χ4v) is 35.9. The zero-order valence-corrected chi connectivity index (χ0v) is 63.9. The van der Waals surface area contributed by atoms with Crippen molar-refractivity contribution in [3.8, 4) is 0 Å². The van der Waals surface area contributed by atoms with E-state index in [-0.39, 0.29) is 17.1 Å². The summed E-state index contributed by atoms with van der Waals surface area (Å²) >= 11 is 0. The molecule has 18 aliphatic heterocycles. The standard InChI is InChI=1S/6C9H18N3OP.ClHO4.Fe/c6*1-7-4-10(7)14(13,11-5-8(11)2)12-6-9(12)3;2-1(3,4)5;/h6*7-9H,4-6H2,1-3H3;(H,2,3,4,5);/q;;;;;;;+3. The van der Waals surface area contributed by atoms with E-state index in [1.807, 2.05) is 0 Å². The van der Waals surface area contributed by atoms with E-state index in [1.165, 1.54) is 0 Å². The van der Waals surface area contributed by atoms with Crippen molar-refractivity contribution in [2.75, 3.05) is 118 Å². The van der Waals surface area contributed by atoms with E-state index in [4.69, 9.17) is 18.6 Å². The fraction of sp³-hybridized carbons (Fsp3) is 1.00. The van der Waals surface area contributed by atoms with Crippen molar-refractivity contribution in [2.45, 2.75) is 233 Å². The molecule has 28 nitrogen and oxygen atoms in total. The summed E-state index contributed by atoms with van der Waals surface area (Å²) in [7, 11) is -18.3. The number of nitrogens with zero attached hydrogens (tertiary/aromatic N) is 18. The van der Waals surface area contributed by atoms with E-state index in [0.717, 1.165) is 118 Å². The number of halogens is 1. The van der Waals surface area contributed by atoms with Crippen molar-refractivity contribution in [1.82, 2.24) is 84.1 Å². The Hall–Kier alpha value is 1.31. The molecule has 0 amide bonds. The molecule has 36 atom stereocenters. The van der Waals surface area contributed by atoms with Crippen LogP contribution in [0.25, 0.3) is 0 Å². The van der Waals surface area contributed by atoms with E-state index in [2.05, 4.69) is 209 Å². The monoisotopic (exact) mass is 1450 g/mol. The topological polar surface area (TPSA) is 246 Å². The quantitative estimate of drug-likeness (QED) is 0.118. The van der Waals surface area contributed by atoms with Crippen LogP contribution in [0.15, 0.2) is 0 Å². The molecule has 36 heteroatoms. The third kappa shape index (κ3) is 14.7. The van der Waals surface area contributed by atoms with Crippen LogP contribution >= 0.6 is 45.6 Å². The van der Waals surface area contributed by atoms with Crippen LogP contribution in [0.4, 0.5) is 0 Å². The second-order valence-corrected chi connectivity index (χ2v) is 46.2. The van der Waals surface area contributed by atoms with Crippen LogP contribution in [-0.2, 0) is 44.5 Å². The summed E-state index contributed by atoms with van der Waals surface area (Å²) in [6.45, 7) is 57.2. The first-order valence-electron chi connectivity index (χ1n) is 33.4.